The zero-order valence-electron chi connectivity index (χ0n) is 10.2. The van der Waals surface area contributed by atoms with E-state index in [1.165, 1.54) is 7.11 Å². The van der Waals surface area contributed by atoms with Gasteiger partial charge in [0, 0.05) is 18.9 Å². The monoisotopic (exact) mass is 227 g/mol. The Hall–Kier alpha value is -0.900. The minimum atomic E-state index is -0.153. The second kappa shape index (κ2) is 6.63. The number of piperidine rings is 1. The summed E-state index contributed by atoms with van der Waals surface area (Å²) in [4.78, 5) is 24.5. The van der Waals surface area contributed by atoms with Crippen LogP contribution < -0.4 is 0 Å². The van der Waals surface area contributed by atoms with Gasteiger partial charge in [-0.3, -0.25) is 9.59 Å². The Morgan fingerprint density at radius 3 is 2.81 bits per heavy atom. The maximum Gasteiger partial charge on any atom is 0.305 e. The minimum absolute atomic E-state index is 0.153. The molecule has 0 saturated carbocycles. The van der Waals surface area contributed by atoms with Crippen molar-refractivity contribution in [2.24, 2.45) is 5.92 Å². The van der Waals surface area contributed by atoms with Crippen LogP contribution in [0.15, 0.2) is 0 Å². The Kier molecular flexibility index (Phi) is 5.46. The number of Topliss-reactive ketones (excluding diaryl/α,β-unsaturated/α-hetero) is 1. The van der Waals surface area contributed by atoms with E-state index in [0.29, 0.717) is 6.42 Å². The van der Waals surface area contributed by atoms with E-state index in [1.807, 2.05) is 0 Å². The van der Waals surface area contributed by atoms with Crippen molar-refractivity contribution in [1.29, 1.82) is 0 Å². The SMILES string of the molecule is COC(=O)CCCN1CCCC(C(C)=O)C1. The van der Waals surface area contributed by atoms with Crippen molar-refractivity contribution in [3.63, 3.8) is 0 Å². The van der Waals surface area contributed by atoms with Gasteiger partial charge in [-0.15, -0.1) is 0 Å². The third-order valence-corrected chi connectivity index (χ3v) is 3.16. The summed E-state index contributed by atoms with van der Waals surface area (Å²) in [5, 5.41) is 0. The van der Waals surface area contributed by atoms with E-state index in [2.05, 4.69) is 9.64 Å². The topological polar surface area (TPSA) is 46.6 Å². The standard InChI is InChI=1S/C12H21NO3/c1-10(14)11-5-3-7-13(9-11)8-4-6-12(15)16-2/h11H,3-9H2,1-2H3. The Bertz CT molecular complexity index is 253. The normalized spacial score (nSPS) is 21.8. The number of esters is 1. The van der Waals surface area contributed by atoms with Gasteiger partial charge in [-0.05, 0) is 39.3 Å². The van der Waals surface area contributed by atoms with Crippen LogP contribution in [0.1, 0.15) is 32.6 Å². The lowest BCUT2D eigenvalue weighted by Crippen LogP contribution is -2.38. The maximum atomic E-state index is 11.3. The molecule has 16 heavy (non-hydrogen) atoms. The van der Waals surface area contributed by atoms with Crippen LogP contribution >= 0.6 is 0 Å². The Labute approximate surface area is 96.9 Å². The summed E-state index contributed by atoms with van der Waals surface area (Å²) in [6.45, 7) is 4.46. The number of methoxy groups -OCH3 is 1. The summed E-state index contributed by atoms with van der Waals surface area (Å²) in [6.07, 6.45) is 3.39. The number of nitrogens with zero attached hydrogens (tertiary/aromatic N) is 1. The van der Waals surface area contributed by atoms with Crippen LogP contribution in [-0.4, -0.2) is 43.4 Å². The maximum absolute atomic E-state index is 11.3. The summed E-state index contributed by atoms with van der Waals surface area (Å²) in [6, 6.07) is 0. The van der Waals surface area contributed by atoms with Crippen LogP contribution in [0, 0.1) is 5.92 Å². The van der Waals surface area contributed by atoms with E-state index in [4.69, 9.17) is 0 Å². The van der Waals surface area contributed by atoms with Gasteiger partial charge in [-0.1, -0.05) is 0 Å². The first-order valence-electron chi connectivity index (χ1n) is 5.93. The Morgan fingerprint density at radius 1 is 1.44 bits per heavy atom. The van der Waals surface area contributed by atoms with Crippen molar-refractivity contribution in [2.45, 2.75) is 32.6 Å². The molecule has 1 unspecified atom stereocenters. The van der Waals surface area contributed by atoms with Gasteiger partial charge in [0.25, 0.3) is 0 Å². The van der Waals surface area contributed by atoms with E-state index in [1.54, 1.807) is 6.92 Å². The number of carbonyl (C=O) groups is 2. The smallest absolute Gasteiger partial charge is 0.305 e. The van der Waals surface area contributed by atoms with Gasteiger partial charge in [-0.25, -0.2) is 0 Å². The molecule has 92 valence electrons. The van der Waals surface area contributed by atoms with Crippen molar-refractivity contribution in [2.75, 3.05) is 26.7 Å². The molecule has 1 fully saturated rings. The highest BCUT2D eigenvalue weighted by molar-refractivity contribution is 5.78. The lowest BCUT2D eigenvalue weighted by atomic mass is 9.94. The quantitative estimate of drug-likeness (QED) is 0.663. The molecule has 0 aliphatic carbocycles. The van der Waals surface area contributed by atoms with Crippen LogP contribution in [0.5, 0.6) is 0 Å². The molecule has 4 nitrogen and oxygen atoms in total. The number of ketones is 1. The molecule has 0 aromatic rings. The molecule has 1 heterocycles. The molecule has 1 aliphatic heterocycles. The fraction of sp³-hybridized carbons (Fsp3) is 0.833. The van der Waals surface area contributed by atoms with E-state index in [9.17, 15) is 9.59 Å². The van der Waals surface area contributed by atoms with E-state index in [0.717, 1.165) is 38.9 Å². The van der Waals surface area contributed by atoms with E-state index >= 15 is 0 Å². The van der Waals surface area contributed by atoms with E-state index in [-0.39, 0.29) is 17.7 Å². The molecule has 1 saturated heterocycles. The first-order valence-corrected chi connectivity index (χ1v) is 5.93. The molecule has 0 amide bonds. The third-order valence-electron chi connectivity index (χ3n) is 3.16. The second-order valence-corrected chi connectivity index (χ2v) is 4.43. The lowest BCUT2D eigenvalue weighted by molar-refractivity contribution is -0.140. The summed E-state index contributed by atoms with van der Waals surface area (Å²) < 4.78 is 4.59. The highest BCUT2D eigenvalue weighted by atomic mass is 16.5. The largest absolute Gasteiger partial charge is 0.469 e. The van der Waals surface area contributed by atoms with Crippen LogP contribution in [0.3, 0.4) is 0 Å². The number of rotatable bonds is 5. The molecule has 0 N–H and O–H groups in total. The van der Waals surface area contributed by atoms with Gasteiger partial charge in [0.1, 0.15) is 5.78 Å². The Morgan fingerprint density at radius 2 is 2.19 bits per heavy atom. The zero-order chi connectivity index (χ0) is 12.0. The highest BCUT2D eigenvalue weighted by Crippen LogP contribution is 2.17. The number of carbonyl (C=O) groups excluding carboxylic acids is 2. The summed E-state index contributed by atoms with van der Waals surface area (Å²) in [7, 11) is 1.41. The minimum Gasteiger partial charge on any atom is -0.469 e. The molecular formula is C12H21NO3. The van der Waals surface area contributed by atoms with Crippen LogP contribution in [-0.2, 0) is 14.3 Å². The predicted octanol–water partition coefficient (Wildman–Crippen LogP) is 1.24. The molecule has 0 aromatic carbocycles. The van der Waals surface area contributed by atoms with Crippen LogP contribution in [0.4, 0.5) is 0 Å². The second-order valence-electron chi connectivity index (χ2n) is 4.43. The average molecular weight is 227 g/mol. The first-order chi connectivity index (χ1) is 7.63. The average Bonchev–Trinajstić information content (AvgIpc) is 2.29. The van der Waals surface area contributed by atoms with Crippen molar-refractivity contribution in [3.8, 4) is 0 Å². The Balaban J connectivity index is 2.21. The fourth-order valence-electron chi connectivity index (χ4n) is 2.14. The fourth-order valence-corrected chi connectivity index (χ4v) is 2.14. The van der Waals surface area contributed by atoms with Crippen molar-refractivity contribution < 1.29 is 14.3 Å². The molecule has 0 spiro atoms. The van der Waals surface area contributed by atoms with Crippen molar-refractivity contribution in [1.82, 2.24) is 4.90 Å². The van der Waals surface area contributed by atoms with Crippen molar-refractivity contribution >= 4 is 11.8 Å². The molecule has 1 aliphatic rings. The van der Waals surface area contributed by atoms with Gasteiger partial charge in [-0.2, -0.15) is 0 Å². The van der Waals surface area contributed by atoms with Gasteiger partial charge in [0.2, 0.25) is 0 Å². The number of hydrogen-bond acceptors (Lipinski definition) is 4. The van der Waals surface area contributed by atoms with E-state index < -0.39 is 0 Å². The van der Waals surface area contributed by atoms with Crippen molar-refractivity contribution in [3.05, 3.63) is 0 Å². The molecule has 4 heteroatoms. The molecule has 0 radical (unpaired) electrons. The molecule has 0 bridgehead atoms. The highest BCUT2D eigenvalue weighted by Gasteiger charge is 2.22. The van der Waals surface area contributed by atoms with Gasteiger partial charge < -0.3 is 9.64 Å². The summed E-state index contributed by atoms with van der Waals surface area (Å²) in [5.74, 6) is 0.338. The number of likely N-dealkylation sites (tertiary alicyclic amines) is 1. The number of ether oxygens (including phenoxy) is 1. The first kappa shape index (κ1) is 13.2. The summed E-state index contributed by atoms with van der Waals surface area (Å²) in [5.41, 5.74) is 0. The van der Waals surface area contributed by atoms with Gasteiger partial charge in [0.15, 0.2) is 0 Å². The van der Waals surface area contributed by atoms with Crippen LogP contribution in [0.2, 0.25) is 0 Å². The number of hydrogen-bond donors (Lipinski definition) is 0. The predicted molar refractivity (Wildman–Crippen MR) is 61.1 cm³/mol. The van der Waals surface area contributed by atoms with Gasteiger partial charge >= 0.3 is 5.97 Å². The molecular weight excluding hydrogens is 206 g/mol. The molecule has 1 atom stereocenters. The van der Waals surface area contributed by atoms with Crippen LogP contribution in [0.25, 0.3) is 0 Å². The zero-order valence-corrected chi connectivity index (χ0v) is 10.2. The molecule has 1 rings (SSSR count). The third kappa shape index (κ3) is 4.31. The summed E-state index contributed by atoms with van der Waals surface area (Å²) >= 11 is 0. The molecule has 0 aromatic heterocycles. The lowest BCUT2D eigenvalue weighted by Gasteiger charge is -2.31. The van der Waals surface area contributed by atoms with Gasteiger partial charge in [0.05, 0.1) is 7.11 Å².